The van der Waals surface area contributed by atoms with Crippen molar-refractivity contribution in [2.24, 2.45) is 0 Å². The smallest absolute Gasteiger partial charge is 0.242 e. The zero-order valence-electron chi connectivity index (χ0n) is 13.5. The first kappa shape index (κ1) is 17.4. The lowest BCUT2D eigenvalue weighted by Gasteiger charge is -2.28. The number of amides is 2. The van der Waals surface area contributed by atoms with Gasteiger partial charge in [-0.3, -0.25) is 9.59 Å². The summed E-state index contributed by atoms with van der Waals surface area (Å²) in [6.45, 7) is 4.58. The highest BCUT2D eigenvalue weighted by Gasteiger charge is 2.25. The highest BCUT2D eigenvalue weighted by atomic mass is 19.1. The lowest BCUT2D eigenvalue weighted by atomic mass is 10.1. The Balaban J connectivity index is 1.93. The number of benzene rings is 1. The minimum absolute atomic E-state index is 0.0639. The van der Waals surface area contributed by atoms with Crippen molar-refractivity contribution in [2.75, 3.05) is 13.2 Å². The summed E-state index contributed by atoms with van der Waals surface area (Å²) in [5, 5.41) is 2.84. The second-order valence-electron chi connectivity index (χ2n) is 5.83. The summed E-state index contributed by atoms with van der Waals surface area (Å²) in [5.41, 5.74) is 0.778. The topological polar surface area (TPSA) is 58.6 Å². The number of hydrogen-bond donors (Lipinski definition) is 1. The van der Waals surface area contributed by atoms with Gasteiger partial charge >= 0.3 is 0 Å². The van der Waals surface area contributed by atoms with E-state index in [4.69, 9.17) is 4.74 Å². The Morgan fingerprint density at radius 1 is 1.39 bits per heavy atom. The summed E-state index contributed by atoms with van der Waals surface area (Å²) >= 11 is 0. The molecule has 0 bridgehead atoms. The van der Waals surface area contributed by atoms with E-state index in [1.165, 1.54) is 24.0 Å². The molecular formula is C17H23FN2O3. The first-order chi connectivity index (χ1) is 11.0. The minimum Gasteiger partial charge on any atom is -0.376 e. The number of nitrogens with zero attached hydrogens (tertiary/aromatic N) is 1. The van der Waals surface area contributed by atoms with Crippen LogP contribution < -0.4 is 5.32 Å². The average Bonchev–Trinajstić information content (AvgIpc) is 3.04. The molecule has 1 heterocycles. The van der Waals surface area contributed by atoms with Gasteiger partial charge in [0.15, 0.2) is 0 Å². The molecule has 1 saturated heterocycles. The highest BCUT2D eigenvalue weighted by molar-refractivity contribution is 5.86. The summed E-state index contributed by atoms with van der Waals surface area (Å²) in [5.74, 6) is -0.739. The Morgan fingerprint density at radius 2 is 2.09 bits per heavy atom. The molecule has 0 aromatic heterocycles. The largest absolute Gasteiger partial charge is 0.376 e. The van der Waals surface area contributed by atoms with Crippen LogP contribution in [0.15, 0.2) is 24.3 Å². The minimum atomic E-state index is -0.598. The number of rotatable bonds is 6. The molecule has 2 amide bonds. The van der Waals surface area contributed by atoms with Crippen molar-refractivity contribution in [1.82, 2.24) is 10.2 Å². The van der Waals surface area contributed by atoms with Gasteiger partial charge in [0.05, 0.1) is 6.10 Å². The third kappa shape index (κ3) is 5.03. The molecule has 1 N–H and O–H groups in total. The van der Waals surface area contributed by atoms with Crippen molar-refractivity contribution in [3.63, 3.8) is 0 Å². The molecule has 2 rings (SSSR count). The van der Waals surface area contributed by atoms with E-state index in [0.717, 1.165) is 25.0 Å². The first-order valence-corrected chi connectivity index (χ1v) is 7.88. The molecule has 1 aromatic rings. The van der Waals surface area contributed by atoms with E-state index in [1.807, 2.05) is 0 Å². The van der Waals surface area contributed by atoms with E-state index >= 15 is 0 Å². The van der Waals surface area contributed by atoms with E-state index in [-0.39, 0.29) is 30.3 Å². The van der Waals surface area contributed by atoms with Crippen LogP contribution in [0.4, 0.5) is 4.39 Å². The van der Waals surface area contributed by atoms with Crippen LogP contribution in [-0.4, -0.2) is 42.0 Å². The quantitative estimate of drug-likeness (QED) is 0.870. The molecule has 0 spiro atoms. The number of halogens is 1. The van der Waals surface area contributed by atoms with Gasteiger partial charge in [-0.2, -0.15) is 0 Å². The van der Waals surface area contributed by atoms with Gasteiger partial charge in [0.25, 0.3) is 0 Å². The van der Waals surface area contributed by atoms with Gasteiger partial charge in [0.2, 0.25) is 11.8 Å². The second kappa shape index (κ2) is 8.06. The van der Waals surface area contributed by atoms with Crippen LogP contribution in [0, 0.1) is 5.82 Å². The fraction of sp³-hybridized carbons (Fsp3) is 0.529. The molecular weight excluding hydrogens is 299 g/mol. The molecule has 1 fully saturated rings. The van der Waals surface area contributed by atoms with Crippen LogP contribution in [-0.2, 0) is 20.9 Å². The van der Waals surface area contributed by atoms with Crippen LogP contribution >= 0.6 is 0 Å². The number of ether oxygens (including phenoxy) is 1. The molecule has 5 nitrogen and oxygen atoms in total. The van der Waals surface area contributed by atoms with Crippen LogP contribution in [0.25, 0.3) is 0 Å². The van der Waals surface area contributed by atoms with Gasteiger partial charge in [-0.05, 0) is 37.5 Å². The van der Waals surface area contributed by atoms with Gasteiger partial charge in [-0.25, -0.2) is 4.39 Å². The molecule has 1 aromatic carbocycles. The normalized spacial score (nSPS) is 18.5. The average molecular weight is 322 g/mol. The van der Waals surface area contributed by atoms with E-state index in [2.05, 4.69) is 5.32 Å². The Morgan fingerprint density at radius 3 is 2.65 bits per heavy atom. The molecule has 23 heavy (non-hydrogen) atoms. The lowest BCUT2D eigenvalue weighted by molar-refractivity contribution is -0.139. The third-order valence-electron chi connectivity index (χ3n) is 4.05. The predicted molar refractivity (Wildman–Crippen MR) is 84.1 cm³/mol. The molecule has 1 aliphatic heterocycles. The standard InChI is InChI=1S/C17H23FN2O3/c1-12(17(22)19-10-16-4-3-9-23-16)20(13(2)21)11-14-5-7-15(18)8-6-14/h5-8,12,16H,3-4,9-11H2,1-2H3,(H,19,22). The van der Waals surface area contributed by atoms with Gasteiger partial charge in [-0.15, -0.1) is 0 Å². The maximum absolute atomic E-state index is 13.0. The van der Waals surface area contributed by atoms with Gasteiger partial charge in [0, 0.05) is 26.6 Å². The van der Waals surface area contributed by atoms with E-state index in [1.54, 1.807) is 19.1 Å². The molecule has 2 atom stereocenters. The molecule has 0 saturated carbocycles. The molecule has 0 radical (unpaired) electrons. The number of nitrogens with one attached hydrogen (secondary N) is 1. The summed E-state index contributed by atoms with van der Waals surface area (Å²) in [6, 6.07) is 5.31. The van der Waals surface area contributed by atoms with Crippen LogP contribution in [0.2, 0.25) is 0 Å². The SMILES string of the molecule is CC(=O)N(Cc1ccc(F)cc1)C(C)C(=O)NCC1CCCO1. The van der Waals surface area contributed by atoms with Crippen LogP contribution in [0.3, 0.4) is 0 Å². The van der Waals surface area contributed by atoms with E-state index in [0.29, 0.717) is 6.54 Å². The predicted octanol–water partition coefficient (Wildman–Crippen LogP) is 1.86. The third-order valence-corrected chi connectivity index (χ3v) is 4.05. The van der Waals surface area contributed by atoms with Crippen LogP contribution in [0.5, 0.6) is 0 Å². The Hall–Kier alpha value is -1.95. The van der Waals surface area contributed by atoms with Gasteiger partial charge < -0.3 is 15.0 Å². The molecule has 2 unspecified atom stereocenters. The molecule has 6 heteroatoms. The summed E-state index contributed by atoms with van der Waals surface area (Å²) in [7, 11) is 0. The fourth-order valence-corrected chi connectivity index (χ4v) is 2.62. The van der Waals surface area contributed by atoms with Crippen molar-refractivity contribution in [3.8, 4) is 0 Å². The maximum atomic E-state index is 13.0. The summed E-state index contributed by atoms with van der Waals surface area (Å²) in [4.78, 5) is 25.6. The molecule has 0 aliphatic carbocycles. The van der Waals surface area contributed by atoms with Crippen molar-refractivity contribution in [1.29, 1.82) is 0 Å². The first-order valence-electron chi connectivity index (χ1n) is 7.88. The number of hydrogen-bond acceptors (Lipinski definition) is 3. The van der Waals surface area contributed by atoms with Crippen molar-refractivity contribution in [3.05, 3.63) is 35.6 Å². The van der Waals surface area contributed by atoms with E-state index in [9.17, 15) is 14.0 Å². The zero-order valence-corrected chi connectivity index (χ0v) is 13.5. The number of carbonyl (C=O) groups is 2. The van der Waals surface area contributed by atoms with Crippen molar-refractivity contribution < 1.29 is 18.7 Å². The Bertz CT molecular complexity index is 541. The zero-order chi connectivity index (χ0) is 16.8. The maximum Gasteiger partial charge on any atom is 0.242 e. The van der Waals surface area contributed by atoms with Crippen LogP contribution in [0.1, 0.15) is 32.3 Å². The summed E-state index contributed by atoms with van der Waals surface area (Å²) < 4.78 is 18.4. The van der Waals surface area contributed by atoms with Gasteiger partial charge in [0.1, 0.15) is 11.9 Å². The van der Waals surface area contributed by atoms with Crippen molar-refractivity contribution >= 4 is 11.8 Å². The monoisotopic (exact) mass is 322 g/mol. The molecule has 126 valence electrons. The highest BCUT2D eigenvalue weighted by Crippen LogP contribution is 2.12. The lowest BCUT2D eigenvalue weighted by Crippen LogP contribution is -2.48. The Labute approximate surface area is 135 Å². The fourth-order valence-electron chi connectivity index (χ4n) is 2.62. The van der Waals surface area contributed by atoms with Crippen molar-refractivity contribution in [2.45, 2.75) is 45.4 Å². The Kier molecular flexibility index (Phi) is 6.10. The number of carbonyl (C=O) groups excluding carboxylic acids is 2. The second-order valence-corrected chi connectivity index (χ2v) is 5.83. The van der Waals surface area contributed by atoms with E-state index < -0.39 is 6.04 Å². The molecule has 1 aliphatic rings. The van der Waals surface area contributed by atoms with Gasteiger partial charge in [-0.1, -0.05) is 12.1 Å². The summed E-state index contributed by atoms with van der Waals surface area (Å²) in [6.07, 6.45) is 2.02.